The minimum Gasteiger partial charge on any atom is -0.384 e. The van der Waals surface area contributed by atoms with Crippen molar-refractivity contribution in [1.29, 1.82) is 0 Å². The van der Waals surface area contributed by atoms with E-state index in [0.29, 0.717) is 26.3 Å². The second-order valence-electron chi connectivity index (χ2n) is 6.30. The molecule has 116 valence electrons. The molecule has 0 aromatic carbocycles. The van der Waals surface area contributed by atoms with Crippen LogP contribution in [0.15, 0.2) is 0 Å². The van der Waals surface area contributed by atoms with Crippen molar-refractivity contribution in [2.24, 2.45) is 11.8 Å². The van der Waals surface area contributed by atoms with E-state index in [1.165, 1.54) is 12.8 Å². The number of hydrogen-bond acceptors (Lipinski definition) is 4. The molecule has 1 saturated carbocycles. The normalized spacial score (nSPS) is 25.0. The SMILES string of the molecule is COC[C@H](C)C(=O)N1CCO[C@@H](CN(C)CC2CC2)C1. The number of amides is 1. The number of rotatable bonds is 7. The van der Waals surface area contributed by atoms with Crippen LogP contribution in [0, 0.1) is 11.8 Å². The first-order valence-electron chi connectivity index (χ1n) is 7.68. The summed E-state index contributed by atoms with van der Waals surface area (Å²) in [7, 11) is 3.79. The summed E-state index contributed by atoms with van der Waals surface area (Å²) in [5.41, 5.74) is 0. The molecule has 20 heavy (non-hydrogen) atoms. The zero-order valence-electron chi connectivity index (χ0n) is 13.0. The number of methoxy groups -OCH3 is 1. The maximum Gasteiger partial charge on any atom is 0.227 e. The van der Waals surface area contributed by atoms with Gasteiger partial charge in [-0.05, 0) is 25.8 Å². The highest BCUT2D eigenvalue weighted by atomic mass is 16.5. The van der Waals surface area contributed by atoms with E-state index in [0.717, 1.165) is 19.0 Å². The van der Waals surface area contributed by atoms with Gasteiger partial charge in [0.25, 0.3) is 0 Å². The number of carbonyl (C=O) groups is 1. The summed E-state index contributed by atoms with van der Waals surface area (Å²) in [5.74, 6) is 1.01. The number of likely N-dealkylation sites (N-methyl/N-ethyl adjacent to an activating group) is 1. The van der Waals surface area contributed by atoms with E-state index in [4.69, 9.17) is 9.47 Å². The van der Waals surface area contributed by atoms with Gasteiger partial charge >= 0.3 is 0 Å². The second-order valence-corrected chi connectivity index (χ2v) is 6.30. The van der Waals surface area contributed by atoms with Gasteiger partial charge in [-0.2, -0.15) is 0 Å². The summed E-state index contributed by atoms with van der Waals surface area (Å²) in [6.45, 7) is 6.55. The quantitative estimate of drug-likeness (QED) is 0.695. The highest BCUT2D eigenvalue weighted by molar-refractivity contribution is 5.78. The molecule has 1 heterocycles. The van der Waals surface area contributed by atoms with Gasteiger partial charge < -0.3 is 19.3 Å². The van der Waals surface area contributed by atoms with Crippen LogP contribution in [0.2, 0.25) is 0 Å². The molecule has 2 atom stereocenters. The van der Waals surface area contributed by atoms with E-state index in [9.17, 15) is 4.79 Å². The third-order valence-electron chi connectivity index (χ3n) is 4.07. The molecule has 2 rings (SSSR count). The average Bonchev–Trinajstić information content (AvgIpc) is 3.22. The lowest BCUT2D eigenvalue weighted by Gasteiger charge is -2.36. The number of nitrogens with zero attached hydrogens (tertiary/aromatic N) is 2. The third kappa shape index (κ3) is 4.72. The molecule has 2 fully saturated rings. The van der Waals surface area contributed by atoms with Crippen LogP contribution in [-0.2, 0) is 14.3 Å². The number of hydrogen-bond donors (Lipinski definition) is 0. The van der Waals surface area contributed by atoms with Crippen LogP contribution < -0.4 is 0 Å². The molecule has 0 unspecified atom stereocenters. The van der Waals surface area contributed by atoms with Crippen LogP contribution in [-0.4, -0.2) is 75.4 Å². The lowest BCUT2D eigenvalue weighted by atomic mass is 10.1. The molecule has 2 aliphatic rings. The number of morpholine rings is 1. The zero-order valence-corrected chi connectivity index (χ0v) is 13.0. The Morgan fingerprint density at radius 2 is 2.20 bits per heavy atom. The molecule has 0 bridgehead atoms. The molecule has 0 aromatic heterocycles. The summed E-state index contributed by atoms with van der Waals surface area (Å²) in [6, 6.07) is 0. The van der Waals surface area contributed by atoms with Crippen molar-refractivity contribution in [1.82, 2.24) is 9.80 Å². The van der Waals surface area contributed by atoms with Gasteiger partial charge in [-0.25, -0.2) is 0 Å². The van der Waals surface area contributed by atoms with Gasteiger partial charge in [0.1, 0.15) is 0 Å². The Labute approximate surface area is 122 Å². The summed E-state index contributed by atoms with van der Waals surface area (Å²) < 4.78 is 10.9. The minimum absolute atomic E-state index is 0.0667. The zero-order chi connectivity index (χ0) is 14.5. The Morgan fingerprint density at radius 1 is 1.45 bits per heavy atom. The van der Waals surface area contributed by atoms with E-state index in [-0.39, 0.29) is 17.9 Å². The van der Waals surface area contributed by atoms with Crippen molar-refractivity contribution in [3.8, 4) is 0 Å². The van der Waals surface area contributed by atoms with Crippen molar-refractivity contribution < 1.29 is 14.3 Å². The predicted octanol–water partition coefficient (Wildman–Crippen LogP) is 0.838. The number of ether oxygens (including phenoxy) is 2. The van der Waals surface area contributed by atoms with Gasteiger partial charge in [-0.3, -0.25) is 4.79 Å². The lowest BCUT2D eigenvalue weighted by Crippen LogP contribution is -2.51. The predicted molar refractivity (Wildman–Crippen MR) is 77.6 cm³/mol. The Kier molecular flexibility index (Phi) is 5.81. The van der Waals surface area contributed by atoms with E-state index in [1.807, 2.05) is 11.8 Å². The lowest BCUT2D eigenvalue weighted by molar-refractivity contribution is -0.144. The van der Waals surface area contributed by atoms with Crippen molar-refractivity contribution in [2.75, 3.05) is 53.6 Å². The molecule has 1 aliphatic carbocycles. The molecule has 1 amide bonds. The largest absolute Gasteiger partial charge is 0.384 e. The molecule has 0 N–H and O–H groups in total. The monoisotopic (exact) mass is 284 g/mol. The van der Waals surface area contributed by atoms with E-state index < -0.39 is 0 Å². The van der Waals surface area contributed by atoms with Gasteiger partial charge in [-0.1, -0.05) is 6.92 Å². The van der Waals surface area contributed by atoms with E-state index in [2.05, 4.69) is 11.9 Å². The highest BCUT2D eigenvalue weighted by Gasteiger charge is 2.29. The first-order chi connectivity index (χ1) is 9.60. The molecular formula is C15H28N2O3. The van der Waals surface area contributed by atoms with Crippen LogP contribution in [0.25, 0.3) is 0 Å². The fourth-order valence-corrected chi connectivity index (χ4v) is 2.83. The summed E-state index contributed by atoms with van der Waals surface area (Å²) in [6.07, 6.45) is 2.88. The van der Waals surface area contributed by atoms with Crippen molar-refractivity contribution in [2.45, 2.75) is 25.9 Å². The average molecular weight is 284 g/mol. The molecule has 1 aliphatic heterocycles. The molecule has 1 saturated heterocycles. The molecule has 5 heteroatoms. The van der Waals surface area contributed by atoms with Crippen LogP contribution in [0.3, 0.4) is 0 Å². The molecule has 0 spiro atoms. The maximum atomic E-state index is 12.3. The fraction of sp³-hybridized carbons (Fsp3) is 0.933. The minimum atomic E-state index is -0.0667. The molecule has 0 radical (unpaired) electrons. The van der Waals surface area contributed by atoms with Gasteiger partial charge in [0, 0.05) is 33.3 Å². The maximum absolute atomic E-state index is 12.3. The summed E-state index contributed by atoms with van der Waals surface area (Å²) in [5, 5.41) is 0. The summed E-state index contributed by atoms with van der Waals surface area (Å²) in [4.78, 5) is 16.6. The van der Waals surface area contributed by atoms with Crippen molar-refractivity contribution in [3.63, 3.8) is 0 Å². The standard InChI is InChI=1S/C15H28N2O3/c1-12(11-19-3)15(18)17-6-7-20-14(10-17)9-16(2)8-13-4-5-13/h12-14H,4-11H2,1-3H3/t12-,14-/m0/s1. The first-order valence-corrected chi connectivity index (χ1v) is 7.68. The second kappa shape index (κ2) is 7.38. The van der Waals surface area contributed by atoms with Gasteiger partial charge in [0.2, 0.25) is 5.91 Å². The van der Waals surface area contributed by atoms with E-state index in [1.54, 1.807) is 7.11 Å². The van der Waals surface area contributed by atoms with Crippen LogP contribution in [0.5, 0.6) is 0 Å². The Morgan fingerprint density at radius 3 is 2.85 bits per heavy atom. The topological polar surface area (TPSA) is 42.0 Å². The van der Waals surface area contributed by atoms with Crippen molar-refractivity contribution >= 4 is 5.91 Å². The Bertz CT molecular complexity index is 320. The van der Waals surface area contributed by atoms with Crippen LogP contribution >= 0.6 is 0 Å². The van der Waals surface area contributed by atoms with Gasteiger partial charge in [0.15, 0.2) is 0 Å². The smallest absolute Gasteiger partial charge is 0.227 e. The van der Waals surface area contributed by atoms with Gasteiger partial charge in [0.05, 0.1) is 25.2 Å². The van der Waals surface area contributed by atoms with Gasteiger partial charge in [-0.15, -0.1) is 0 Å². The summed E-state index contributed by atoms with van der Waals surface area (Å²) >= 11 is 0. The van der Waals surface area contributed by atoms with E-state index >= 15 is 0 Å². The molecular weight excluding hydrogens is 256 g/mol. The molecule has 0 aromatic rings. The van der Waals surface area contributed by atoms with Crippen molar-refractivity contribution in [3.05, 3.63) is 0 Å². The first kappa shape index (κ1) is 15.7. The van der Waals surface area contributed by atoms with Crippen LogP contribution in [0.4, 0.5) is 0 Å². The Balaban J connectivity index is 1.76. The number of carbonyl (C=O) groups excluding carboxylic acids is 1. The fourth-order valence-electron chi connectivity index (χ4n) is 2.83. The highest BCUT2D eigenvalue weighted by Crippen LogP contribution is 2.29. The Hall–Kier alpha value is -0.650. The molecule has 5 nitrogen and oxygen atoms in total. The third-order valence-corrected chi connectivity index (χ3v) is 4.07. The van der Waals surface area contributed by atoms with Crippen LogP contribution in [0.1, 0.15) is 19.8 Å².